The van der Waals surface area contributed by atoms with Crippen LogP contribution in [0.15, 0.2) is 42.7 Å². The predicted molar refractivity (Wildman–Crippen MR) is 67.3 cm³/mol. The standard InChI is InChI=1S/C13H15N3O2/c1-10(9-16-8-2-7-14-16)15-13(18)11-3-5-12(17)6-4-11/h2-8,10,17H,9H2,1H3,(H,15,18). The molecule has 1 atom stereocenters. The van der Waals surface area contributed by atoms with Crippen LogP contribution in [0.1, 0.15) is 17.3 Å². The fourth-order valence-corrected chi connectivity index (χ4v) is 1.65. The molecule has 0 saturated carbocycles. The molecule has 5 heteroatoms. The van der Waals surface area contributed by atoms with Crippen molar-refractivity contribution in [2.24, 2.45) is 0 Å². The van der Waals surface area contributed by atoms with Gasteiger partial charge < -0.3 is 10.4 Å². The summed E-state index contributed by atoms with van der Waals surface area (Å²) >= 11 is 0. The zero-order valence-electron chi connectivity index (χ0n) is 10.1. The van der Waals surface area contributed by atoms with Crippen LogP contribution < -0.4 is 5.32 Å². The number of carbonyl (C=O) groups excluding carboxylic acids is 1. The number of nitrogens with one attached hydrogen (secondary N) is 1. The van der Waals surface area contributed by atoms with E-state index < -0.39 is 0 Å². The number of amides is 1. The molecule has 2 rings (SSSR count). The zero-order valence-corrected chi connectivity index (χ0v) is 10.1. The van der Waals surface area contributed by atoms with Crippen LogP contribution in [0.4, 0.5) is 0 Å². The van der Waals surface area contributed by atoms with E-state index in [0.717, 1.165) is 0 Å². The maximum absolute atomic E-state index is 11.9. The zero-order chi connectivity index (χ0) is 13.0. The molecule has 2 N–H and O–H groups in total. The Balaban J connectivity index is 1.92. The predicted octanol–water partition coefficient (Wildman–Crippen LogP) is 1.41. The monoisotopic (exact) mass is 245 g/mol. The lowest BCUT2D eigenvalue weighted by molar-refractivity contribution is 0.0936. The largest absolute Gasteiger partial charge is 0.508 e. The van der Waals surface area contributed by atoms with Crippen LogP contribution in [0.2, 0.25) is 0 Å². The average Bonchev–Trinajstić information content (AvgIpc) is 2.82. The smallest absolute Gasteiger partial charge is 0.251 e. The molecule has 0 radical (unpaired) electrons. The maximum atomic E-state index is 11.9. The highest BCUT2D eigenvalue weighted by Gasteiger charge is 2.10. The van der Waals surface area contributed by atoms with E-state index in [2.05, 4.69) is 10.4 Å². The molecule has 0 bridgehead atoms. The van der Waals surface area contributed by atoms with Gasteiger partial charge in [-0.25, -0.2) is 0 Å². The third-order valence-electron chi connectivity index (χ3n) is 2.53. The molecule has 0 aliphatic carbocycles. The second-order valence-corrected chi connectivity index (χ2v) is 4.15. The normalized spacial score (nSPS) is 12.1. The third-order valence-corrected chi connectivity index (χ3v) is 2.53. The van der Waals surface area contributed by atoms with Crippen molar-refractivity contribution in [3.05, 3.63) is 48.3 Å². The van der Waals surface area contributed by atoms with Crippen molar-refractivity contribution in [2.45, 2.75) is 19.5 Å². The van der Waals surface area contributed by atoms with Gasteiger partial charge in [0.25, 0.3) is 5.91 Å². The Morgan fingerprint density at radius 2 is 2.17 bits per heavy atom. The van der Waals surface area contributed by atoms with Crippen LogP contribution in [-0.4, -0.2) is 26.8 Å². The van der Waals surface area contributed by atoms with E-state index in [1.54, 1.807) is 23.0 Å². The molecule has 2 aromatic rings. The van der Waals surface area contributed by atoms with Crippen LogP contribution >= 0.6 is 0 Å². The molecule has 5 nitrogen and oxygen atoms in total. The number of phenolic OH excluding ortho intramolecular Hbond substituents is 1. The Kier molecular flexibility index (Phi) is 3.62. The minimum Gasteiger partial charge on any atom is -0.508 e. The van der Waals surface area contributed by atoms with E-state index in [4.69, 9.17) is 5.11 Å². The van der Waals surface area contributed by atoms with Crippen molar-refractivity contribution in [1.82, 2.24) is 15.1 Å². The Labute approximate surface area is 105 Å². The van der Waals surface area contributed by atoms with Crippen LogP contribution in [0.5, 0.6) is 5.75 Å². The number of hydrogen-bond donors (Lipinski definition) is 2. The Hall–Kier alpha value is -2.30. The lowest BCUT2D eigenvalue weighted by Crippen LogP contribution is -2.35. The molecule has 1 aromatic carbocycles. The number of nitrogens with zero attached hydrogens (tertiary/aromatic N) is 2. The number of carbonyl (C=O) groups is 1. The number of benzene rings is 1. The second-order valence-electron chi connectivity index (χ2n) is 4.15. The summed E-state index contributed by atoms with van der Waals surface area (Å²) < 4.78 is 1.77. The molecule has 0 saturated heterocycles. The maximum Gasteiger partial charge on any atom is 0.251 e. The van der Waals surface area contributed by atoms with Crippen molar-refractivity contribution in [3.8, 4) is 5.75 Å². The summed E-state index contributed by atoms with van der Waals surface area (Å²) in [6.45, 7) is 2.54. The quantitative estimate of drug-likeness (QED) is 0.855. The fraction of sp³-hybridized carbons (Fsp3) is 0.231. The minimum atomic E-state index is -0.158. The first-order valence-corrected chi connectivity index (χ1v) is 5.72. The Morgan fingerprint density at radius 1 is 1.44 bits per heavy atom. The first-order valence-electron chi connectivity index (χ1n) is 5.72. The van der Waals surface area contributed by atoms with Gasteiger partial charge in [0.2, 0.25) is 0 Å². The first kappa shape index (κ1) is 12.2. The van der Waals surface area contributed by atoms with Gasteiger partial charge in [0.05, 0.1) is 6.54 Å². The summed E-state index contributed by atoms with van der Waals surface area (Å²) in [5.74, 6) is -0.00852. The molecule has 0 aliphatic rings. The van der Waals surface area contributed by atoms with Crippen molar-refractivity contribution in [1.29, 1.82) is 0 Å². The number of rotatable bonds is 4. The summed E-state index contributed by atoms with van der Waals surface area (Å²) in [6, 6.07) is 7.98. The number of aromatic hydroxyl groups is 1. The molecule has 1 unspecified atom stereocenters. The molecule has 0 aliphatic heterocycles. The van der Waals surface area contributed by atoms with Crippen molar-refractivity contribution in [2.75, 3.05) is 0 Å². The summed E-state index contributed by atoms with van der Waals surface area (Å²) in [5.41, 5.74) is 0.528. The molecule has 1 aromatic heterocycles. The van der Waals surface area contributed by atoms with E-state index in [-0.39, 0.29) is 17.7 Å². The van der Waals surface area contributed by atoms with Crippen molar-refractivity contribution < 1.29 is 9.90 Å². The van der Waals surface area contributed by atoms with Gasteiger partial charge in [0, 0.05) is 24.0 Å². The highest BCUT2D eigenvalue weighted by Crippen LogP contribution is 2.09. The summed E-state index contributed by atoms with van der Waals surface area (Å²) in [7, 11) is 0. The van der Waals surface area contributed by atoms with Crippen LogP contribution in [0, 0.1) is 0 Å². The number of aromatic nitrogens is 2. The van der Waals surface area contributed by atoms with Gasteiger partial charge >= 0.3 is 0 Å². The van der Waals surface area contributed by atoms with E-state index in [1.165, 1.54) is 12.1 Å². The van der Waals surface area contributed by atoms with Gasteiger partial charge in [0.1, 0.15) is 5.75 Å². The van der Waals surface area contributed by atoms with Gasteiger partial charge in [0.15, 0.2) is 0 Å². The van der Waals surface area contributed by atoms with Gasteiger partial charge in [-0.3, -0.25) is 9.48 Å². The molecule has 94 valence electrons. The van der Waals surface area contributed by atoms with Crippen molar-refractivity contribution >= 4 is 5.91 Å². The highest BCUT2D eigenvalue weighted by molar-refractivity contribution is 5.94. The van der Waals surface area contributed by atoms with Gasteiger partial charge in [-0.1, -0.05) is 0 Å². The molecular weight excluding hydrogens is 230 g/mol. The summed E-state index contributed by atoms with van der Waals surface area (Å²) in [4.78, 5) is 11.9. The highest BCUT2D eigenvalue weighted by atomic mass is 16.3. The lowest BCUT2D eigenvalue weighted by Gasteiger charge is -2.14. The molecule has 0 fully saturated rings. The van der Waals surface area contributed by atoms with E-state index in [0.29, 0.717) is 12.1 Å². The SMILES string of the molecule is CC(Cn1cccn1)NC(=O)c1ccc(O)cc1. The molecule has 18 heavy (non-hydrogen) atoms. The lowest BCUT2D eigenvalue weighted by atomic mass is 10.2. The van der Waals surface area contributed by atoms with Crippen LogP contribution in [0.3, 0.4) is 0 Å². The van der Waals surface area contributed by atoms with E-state index >= 15 is 0 Å². The molecular formula is C13H15N3O2. The number of hydrogen-bond acceptors (Lipinski definition) is 3. The summed E-state index contributed by atoms with van der Waals surface area (Å²) in [6.07, 6.45) is 3.55. The second kappa shape index (κ2) is 5.35. The minimum absolute atomic E-state index is 0.0220. The fourth-order valence-electron chi connectivity index (χ4n) is 1.65. The van der Waals surface area contributed by atoms with Gasteiger partial charge in [-0.2, -0.15) is 5.10 Å². The van der Waals surface area contributed by atoms with E-state index in [1.807, 2.05) is 19.2 Å². The van der Waals surface area contributed by atoms with Crippen LogP contribution in [-0.2, 0) is 6.54 Å². The number of phenols is 1. The summed E-state index contributed by atoms with van der Waals surface area (Å²) in [5, 5.41) is 16.1. The average molecular weight is 245 g/mol. The van der Waals surface area contributed by atoms with Gasteiger partial charge in [-0.15, -0.1) is 0 Å². The Bertz CT molecular complexity index is 506. The topological polar surface area (TPSA) is 67.2 Å². The Morgan fingerprint density at radius 3 is 2.78 bits per heavy atom. The molecule has 1 heterocycles. The first-order chi connectivity index (χ1) is 8.65. The third kappa shape index (κ3) is 3.10. The molecule has 0 spiro atoms. The van der Waals surface area contributed by atoms with Crippen LogP contribution in [0.25, 0.3) is 0 Å². The molecule has 1 amide bonds. The van der Waals surface area contributed by atoms with E-state index in [9.17, 15) is 4.79 Å². The van der Waals surface area contributed by atoms with Crippen molar-refractivity contribution in [3.63, 3.8) is 0 Å². The van der Waals surface area contributed by atoms with Gasteiger partial charge in [-0.05, 0) is 37.3 Å².